The van der Waals surface area contributed by atoms with E-state index in [-0.39, 0.29) is 12.1 Å². The molecule has 36 heavy (non-hydrogen) atoms. The Morgan fingerprint density at radius 1 is 1.11 bits per heavy atom. The van der Waals surface area contributed by atoms with Gasteiger partial charge >= 0.3 is 6.09 Å². The molecule has 4 rings (SSSR count). The van der Waals surface area contributed by atoms with E-state index in [0.29, 0.717) is 13.1 Å². The molecule has 0 spiro atoms. The van der Waals surface area contributed by atoms with Crippen molar-refractivity contribution in [3.63, 3.8) is 0 Å². The van der Waals surface area contributed by atoms with Gasteiger partial charge in [0.25, 0.3) is 0 Å². The summed E-state index contributed by atoms with van der Waals surface area (Å²) in [4.78, 5) is 25.9. The highest BCUT2D eigenvalue weighted by Gasteiger charge is 2.31. The highest BCUT2D eigenvalue weighted by atomic mass is 79.9. The van der Waals surface area contributed by atoms with E-state index < -0.39 is 5.60 Å². The Bertz CT molecular complexity index is 1190. The summed E-state index contributed by atoms with van der Waals surface area (Å²) in [6.07, 6.45) is 9.75. The minimum Gasteiger partial charge on any atom is -0.444 e. The lowest BCUT2D eigenvalue weighted by Gasteiger charge is -2.40. The van der Waals surface area contributed by atoms with E-state index in [2.05, 4.69) is 72.9 Å². The van der Waals surface area contributed by atoms with Crippen molar-refractivity contribution in [3.05, 3.63) is 88.2 Å². The number of allylic oxidation sites excluding steroid dienone is 1. The Hall–Kier alpha value is -2.97. The molecule has 1 aliphatic rings. The number of carbonyl (C=O) groups excluding carboxylic acids is 1. The Kier molecular flexibility index (Phi) is 8.26. The minimum absolute atomic E-state index is 0.0327. The zero-order valence-electron chi connectivity index (χ0n) is 21.4. The van der Waals surface area contributed by atoms with Crippen molar-refractivity contribution in [1.29, 1.82) is 0 Å². The van der Waals surface area contributed by atoms with Crippen LogP contribution < -0.4 is 0 Å². The monoisotopic (exact) mass is 551 g/mol. The number of rotatable bonds is 6. The zero-order chi connectivity index (χ0) is 25.7. The number of aryl methyl sites for hydroxylation is 1. The Balaban J connectivity index is 1.58. The number of benzene rings is 1. The maximum atomic E-state index is 12.6. The lowest BCUT2D eigenvalue weighted by atomic mass is 9.95. The maximum Gasteiger partial charge on any atom is 0.410 e. The van der Waals surface area contributed by atoms with E-state index in [1.54, 1.807) is 4.90 Å². The Morgan fingerprint density at radius 2 is 1.86 bits per heavy atom. The van der Waals surface area contributed by atoms with Gasteiger partial charge in [0.05, 0.1) is 11.7 Å². The first-order valence-electron chi connectivity index (χ1n) is 12.3. The second kappa shape index (κ2) is 11.4. The molecule has 3 aromatic rings. The summed E-state index contributed by atoms with van der Waals surface area (Å²) in [6.45, 7) is 11.1. The van der Waals surface area contributed by atoms with Crippen LogP contribution in [0.3, 0.4) is 0 Å². The van der Waals surface area contributed by atoms with Crippen LogP contribution in [0.2, 0.25) is 0 Å². The lowest BCUT2D eigenvalue weighted by Crippen LogP contribution is -2.51. The highest BCUT2D eigenvalue weighted by Crippen LogP contribution is 2.32. The second-order valence-corrected chi connectivity index (χ2v) is 10.9. The molecule has 8 heteroatoms. The molecular weight excluding hydrogens is 518 g/mol. The second-order valence-electron chi connectivity index (χ2n) is 9.97. The number of imidazole rings is 1. The van der Waals surface area contributed by atoms with Gasteiger partial charge in [-0.1, -0.05) is 36.4 Å². The molecule has 7 nitrogen and oxygen atoms in total. The number of aromatic nitrogens is 3. The van der Waals surface area contributed by atoms with Gasteiger partial charge in [0, 0.05) is 55.8 Å². The van der Waals surface area contributed by atoms with E-state index in [4.69, 9.17) is 9.72 Å². The van der Waals surface area contributed by atoms with Crippen molar-refractivity contribution in [2.45, 2.75) is 45.9 Å². The quantitative estimate of drug-likeness (QED) is 0.393. The molecule has 1 unspecified atom stereocenters. The molecule has 0 radical (unpaired) electrons. The van der Waals surface area contributed by atoms with Gasteiger partial charge < -0.3 is 14.2 Å². The zero-order valence-corrected chi connectivity index (χ0v) is 23.0. The largest absolute Gasteiger partial charge is 0.444 e. The van der Waals surface area contributed by atoms with Crippen molar-refractivity contribution in [2.75, 3.05) is 26.2 Å². The molecule has 1 aromatic carbocycles. The number of hydrogen-bond acceptors (Lipinski definition) is 5. The van der Waals surface area contributed by atoms with Gasteiger partial charge in [-0.2, -0.15) is 0 Å². The maximum absolute atomic E-state index is 12.6. The van der Waals surface area contributed by atoms with Crippen LogP contribution in [0.15, 0.2) is 65.5 Å². The van der Waals surface area contributed by atoms with Crippen molar-refractivity contribution in [1.82, 2.24) is 24.3 Å². The van der Waals surface area contributed by atoms with Gasteiger partial charge in [-0.15, -0.1) is 0 Å². The van der Waals surface area contributed by atoms with E-state index >= 15 is 0 Å². The topological polar surface area (TPSA) is 63.5 Å². The lowest BCUT2D eigenvalue weighted by molar-refractivity contribution is 0.0118. The van der Waals surface area contributed by atoms with Crippen LogP contribution in [0.25, 0.3) is 6.08 Å². The number of pyridine rings is 1. The van der Waals surface area contributed by atoms with Crippen molar-refractivity contribution >= 4 is 28.1 Å². The minimum atomic E-state index is -0.501. The van der Waals surface area contributed by atoms with Crippen molar-refractivity contribution in [2.24, 2.45) is 0 Å². The summed E-state index contributed by atoms with van der Waals surface area (Å²) in [7, 11) is 0. The SMILES string of the molecule is Cc1nccn1C/C=C/c1ccccc1C(c1ccc(Br)cn1)N1CCN(C(=O)OC(C)(C)C)CC1. The van der Waals surface area contributed by atoms with Crippen LogP contribution >= 0.6 is 15.9 Å². The third-order valence-electron chi connectivity index (χ3n) is 6.18. The van der Waals surface area contributed by atoms with Crippen molar-refractivity contribution in [3.8, 4) is 0 Å². The standard InChI is InChI=1S/C28H34BrN5O2/c1-21-30-13-15-32(21)14-7-9-22-8-5-6-10-24(22)26(25-12-11-23(29)20-31-25)33-16-18-34(19-17-33)27(35)36-28(2,3)4/h5-13,15,20,26H,14,16-19H2,1-4H3/b9-7+. The molecule has 3 heterocycles. The molecular formula is C28H34BrN5O2. The van der Waals surface area contributed by atoms with Gasteiger partial charge in [-0.25, -0.2) is 9.78 Å². The third-order valence-corrected chi connectivity index (χ3v) is 6.64. The summed E-state index contributed by atoms with van der Waals surface area (Å²) in [5.74, 6) is 0.993. The summed E-state index contributed by atoms with van der Waals surface area (Å²) in [5, 5.41) is 0. The number of hydrogen-bond donors (Lipinski definition) is 0. The number of amides is 1. The van der Waals surface area contributed by atoms with Gasteiger partial charge in [0.15, 0.2) is 0 Å². The van der Waals surface area contributed by atoms with Crippen LogP contribution in [0.5, 0.6) is 0 Å². The predicted octanol–water partition coefficient (Wildman–Crippen LogP) is 5.70. The van der Waals surface area contributed by atoms with E-state index in [0.717, 1.165) is 41.2 Å². The average Bonchev–Trinajstić information content (AvgIpc) is 3.25. The molecule has 1 amide bonds. The number of carbonyl (C=O) groups is 1. The van der Waals surface area contributed by atoms with Crippen molar-refractivity contribution < 1.29 is 9.53 Å². The fourth-order valence-corrected chi connectivity index (χ4v) is 4.62. The summed E-state index contributed by atoms with van der Waals surface area (Å²) >= 11 is 3.52. The fourth-order valence-electron chi connectivity index (χ4n) is 4.38. The number of ether oxygens (including phenoxy) is 1. The first kappa shape index (κ1) is 26.1. The Labute approximate surface area is 221 Å². The molecule has 1 atom stereocenters. The molecule has 1 saturated heterocycles. The van der Waals surface area contributed by atoms with E-state index in [1.165, 1.54) is 5.56 Å². The molecule has 0 aliphatic carbocycles. The summed E-state index contributed by atoms with van der Waals surface area (Å²) in [6, 6.07) is 12.5. The number of piperazine rings is 1. The fraction of sp³-hybridized carbons (Fsp3) is 0.393. The molecule has 2 aromatic heterocycles. The molecule has 0 bridgehead atoms. The molecule has 0 N–H and O–H groups in total. The van der Waals surface area contributed by atoms with E-state index in [1.807, 2.05) is 52.4 Å². The smallest absolute Gasteiger partial charge is 0.410 e. The third kappa shape index (κ3) is 6.62. The summed E-state index contributed by atoms with van der Waals surface area (Å²) < 4.78 is 8.65. The van der Waals surface area contributed by atoms with Crippen LogP contribution in [-0.2, 0) is 11.3 Å². The van der Waals surface area contributed by atoms with Gasteiger partial charge in [-0.3, -0.25) is 9.88 Å². The van der Waals surface area contributed by atoms with Gasteiger partial charge in [-0.05, 0) is 66.9 Å². The van der Waals surface area contributed by atoms with Gasteiger partial charge in [0.1, 0.15) is 11.4 Å². The number of halogens is 1. The van der Waals surface area contributed by atoms with Crippen LogP contribution in [0.1, 0.15) is 49.5 Å². The molecule has 190 valence electrons. The average molecular weight is 553 g/mol. The predicted molar refractivity (Wildman–Crippen MR) is 146 cm³/mol. The Morgan fingerprint density at radius 3 is 2.50 bits per heavy atom. The van der Waals surface area contributed by atoms with E-state index in [9.17, 15) is 4.79 Å². The molecule has 1 aliphatic heterocycles. The first-order valence-corrected chi connectivity index (χ1v) is 13.1. The van der Waals surface area contributed by atoms with Gasteiger partial charge in [0.2, 0.25) is 0 Å². The van der Waals surface area contributed by atoms with Crippen LogP contribution in [0.4, 0.5) is 4.79 Å². The molecule has 0 saturated carbocycles. The molecule has 1 fully saturated rings. The van der Waals surface area contributed by atoms with Crippen LogP contribution in [-0.4, -0.2) is 62.2 Å². The normalized spacial score (nSPS) is 15.9. The first-order chi connectivity index (χ1) is 17.2. The van der Waals surface area contributed by atoms with Crippen LogP contribution in [0, 0.1) is 6.92 Å². The summed E-state index contributed by atoms with van der Waals surface area (Å²) in [5.41, 5.74) is 2.82. The highest BCUT2D eigenvalue weighted by molar-refractivity contribution is 9.10. The number of nitrogens with zero attached hydrogens (tertiary/aromatic N) is 5.